The first-order chi connectivity index (χ1) is 30.0. The predicted octanol–water partition coefficient (Wildman–Crippen LogP) is 14.8. The number of hydrogen-bond acceptors (Lipinski definition) is 7. The second-order valence-electron chi connectivity index (χ2n) is 17.8. The average molecular weight is 893 g/mol. The summed E-state index contributed by atoms with van der Waals surface area (Å²) in [5, 5.41) is 0. The van der Waals surface area contributed by atoms with E-state index in [-0.39, 0.29) is 32.0 Å². The molecule has 62 heavy (non-hydrogen) atoms. The molecule has 0 bridgehead atoms. The molecule has 0 spiro atoms. The molecule has 0 aromatic carbocycles. The van der Waals surface area contributed by atoms with E-state index >= 15 is 0 Å². The standard InChI is InChI=1S/C52H94NO8P/c1-6-8-10-12-14-16-18-20-22-24-25-26-27-29-30-32-34-36-38-40-42-44-51(54)58-48-50(49-60-62(56,57)59-47-46-53(3,4)5)61-52(55)45-43-41-39-37-35-33-31-28-23-21-19-17-15-13-11-9-7-2/h9,11,15,17,21,23-25,31,33,50H,6-8,10,12-14,16,18-20,22,26-30,32,34-49H2,1-5H3/p+1/b11-9-,17-15-,23-21-,25-24-,33-31-. The molecule has 0 aromatic heterocycles. The first-order valence-electron chi connectivity index (χ1n) is 25.0. The van der Waals surface area contributed by atoms with Gasteiger partial charge in [-0.1, -0.05) is 177 Å². The monoisotopic (exact) mass is 893 g/mol. The van der Waals surface area contributed by atoms with Crippen LogP contribution in [0.3, 0.4) is 0 Å². The molecule has 0 amide bonds. The Labute approximate surface area is 381 Å². The zero-order valence-electron chi connectivity index (χ0n) is 40.6. The second kappa shape index (κ2) is 43.9. The third-order valence-electron chi connectivity index (χ3n) is 10.5. The van der Waals surface area contributed by atoms with E-state index in [9.17, 15) is 19.0 Å². The number of rotatable bonds is 45. The Hall–Kier alpha value is -2.29. The molecule has 0 fully saturated rings. The average Bonchev–Trinajstić information content (AvgIpc) is 3.23. The molecular formula is C52H95NO8P+. The van der Waals surface area contributed by atoms with Crippen LogP contribution in [0.5, 0.6) is 0 Å². The normalized spacial score (nSPS) is 14.0. The Morgan fingerprint density at radius 2 is 0.919 bits per heavy atom. The number of carbonyl (C=O) groups excluding carboxylic acids is 2. The maximum atomic E-state index is 12.7. The lowest BCUT2D eigenvalue weighted by Crippen LogP contribution is -2.37. The Bertz CT molecular complexity index is 1240. The van der Waals surface area contributed by atoms with Crippen LogP contribution in [0.2, 0.25) is 0 Å². The highest BCUT2D eigenvalue weighted by Gasteiger charge is 2.27. The summed E-state index contributed by atoms with van der Waals surface area (Å²) in [6.45, 7) is 4.29. The lowest BCUT2D eigenvalue weighted by molar-refractivity contribution is -0.870. The molecule has 0 saturated carbocycles. The fourth-order valence-corrected chi connectivity index (χ4v) is 7.39. The predicted molar refractivity (Wildman–Crippen MR) is 261 cm³/mol. The van der Waals surface area contributed by atoms with Gasteiger partial charge in [0.15, 0.2) is 6.10 Å². The molecule has 2 atom stereocenters. The van der Waals surface area contributed by atoms with Crippen LogP contribution in [0, 0.1) is 0 Å². The molecule has 0 aromatic rings. The van der Waals surface area contributed by atoms with Crippen LogP contribution in [-0.2, 0) is 32.7 Å². The van der Waals surface area contributed by atoms with E-state index < -0.39 is 26.5 Å². The third-order valence-corrected chi connectivity index (χ3v) is 11.5. The Morgan fingerprint density at radius 3 is 1.39 bits per heavy atom. The van der Waals surface area contributed by atoms with Gasteiger partial charge in [-0.3, -0.25) is 18.6 Å². The minimum atomic E-state index is -4.39. The van der Waals surface area contributed by atoms with Crippen LogP contribution in [0.15, 0.2) is 60.8 Å². The number of allylic oxidation sites excluding steroid dienone is 10. The molecule has 2 unspecified atom stereocenters. The van der Waals surface area contributed by atoms with E-state index in [1.54, 1.807) is 0 Å². The summed E-state index contributed by atoms with van der Waals surface area (Å²) in [5.41, 5.74) is 0. The zero-order chi connectivity index (χ0) is 45.7. The maximum absolute atomic E-state index is 12.7. The van der Waals surface area contributed by atoms with Crippen LogP contribution in [0.4, 0.5) is 0 Å². The molecular weight excluding hydrogens is 798 g/mol. The number of quaternary nitrogens is 1. The van der Waals surface area contributed by atoms with Gasteiger partial charge in [-0.25, -0.2) is 4.57 Å². The second-order valence-corrected chi connectivity index (χ2v) is 19.3. The van der Waals surface area contributed by atoms with Gasteiger partial charge in [0, 0.05) is 12.8 Å². The van der Waals surface area contributed by atoms with E-state index in [0.29, 0.717) is 17.4 Å². The maximum Gasteiger partial charge on any atom is 0.472 e. The van der Waals surface area contributed by atoms with Crippen molar-refractivity contribution in [2.45, 2.75) is 213 Å². The highest BCUT2D eigenvalue weighted by molar-refractivity contribution is 7.47. The number of phosphoric ester groups is 1. The van der Waals surface area contributed by atoms with Crippen molar-refractivity contribution in [1.82, 2.24) is 0 Å². The summed E-state index contributed by atoms with van der Waals surface area (Å²) in [7, 11) is 1.45. The quantitative estimate of drug-likeness (QED) is 0.0212. The molecule has 0 saturated heterocycles. The van der Waals surface area contributed by atoms with Crippen LogP contribution in [0.1, 0.15) is 206 Å². The molecule has 0 rings (SSSR count). The van der Waals surface area contributed by atoms with E-state index in [2.05, 4.69) is 74.6 Å². The summed E-state index contributed by atoms with van der Waals surface area (Å²) in [4.78, 5) is 35.5. The molecule has 10 heteroatoms. The lowest BCUT2D eigenvalue weighted by atomic mass is 10.1. The summed E-state index contributed by atoms with van der Waals surface area (Å²) in [5.74, 6) is -0.828. The van der Waals surface area contributed by atoms with Gasteiger partial charge < -0.3 is 18.9 Å². The van der Waals surface area contributed by atoms with Crippen LogP contribution in [0.25, 0.3) is 0 Å². The number of carbonyl (C=O) groups is 2. The Kier molecular flexibility index (Phi) is 42.3. The van der Waals surface area contributed by atoms with Crippen molar-refractivity contribution < 1.29 is 42.1 Å². The van der Waals surface area contributed by atoms with Gasteiger partial charge in [0.05, 0.1) is 27.7 Å². The largest absolute Gasteiger partial charge is 0.472 e. The van der Waals surface area contributed by atoms with Gasteiger partial charge in [-0.15, -0.1) is 0 Å². The molecule has 9 nitrogen and oxygen atoms in total. The van der Waals surface area contributed by atoms with E-state index in [0.717, 1.165) is 70.6 Å². The molecule has 0 radical (unpaired) electrons. The van der Waals surface area contributed by atoms with Crippen molar-refractivity contribution in [2.75, 3.05) is 47.5 Å². The SMILES string of the molecule is CC/C=C\C/C=C\C/C=C\C/C=C\CCCCCCC(=O)OC(COC(=O)CCCCCCCCCCC/C=C\CCCCCCCCCC)COP(=O)(O)OCC[N+](C)(C)C. The first kappa shape index (κ1) is 59.7. The number of esters is 2. The van der Waals surface area contributed by atoms with Gasteiger partial charge in [0.25, 0.3) is 0 Å². The minimum Gasteiger partial charge on any atom is -0.462 e. The van der Waals surface area contributed by atoms with E-state index in [4.69, 9.17) is 18.5 Å². The Morgan fingerprint density at radius 1 is 0.516 bits per heavy atom. The number of nitrogens with zero attached hydrogens (tertiary/aromatic N) is 1. The number of phosphoric acid groups is 1. The highest BCUT2D eigenvalue weighted by Crippen LogP contribution is 2.43. The van der Waals surface area contributed by atoms with Gasteiger partial charge in [-0.05, 0) is 77.0 Å². The van der Waals surface area contributed by atoms with Crippen molar-refractivity contribution >= 4 is 19.8 Å². The summed E-state index contributed by atoms with van der Waals surface area (Å²) in [6, 6.07) is 0. The van der Waals surface area contributed by atoms with Gasteiger partial charge in [0.1, 0.15) is 19.8 Å². The van der Waals surface area contributed by atoms with Gasteiger partial charge in [0.2, 0.25) is 0 Å². The molecule has 0 aliphatic heterocycles. The smallest absolute Gasteiger partial charge is 0.462 e. The first-order valence-corrected chi connectivity index (χ1v) is 26.5. The fraction of sp³-hybridized carbons (Fsp3) is 0.769. The van der Waals surface area contributed by atoms with Gasteiger partial charge in [-0.2, -0.15) is 0 Å². The van der Waals surface area contributed by atoms with Crippen molar-refractivity contribution in [1.29, 1.82) is 0 Å². The summed E-state index contributed by atoms with van der Waals surface area (Å²) < 4.78 is 34.4. The van der Waals surface area contributed by atoms with Crippen LogP contribution >= 0.6 is 7.82 Å². The number of ether oxygens (including phenoxy) is 2. The van der Waals surface area contributed by atoms with Gasteiger partial charge >= 0.3 is 19.8 Å². The molecule has 0 aliphatic rings. The minimum absolute atomic E-state index is 0.0241. The number of hydrogen-bond donors (Lipinski definition) is 1. The topological polar surface area (TPSA) is 108 Å². The van der Waals surface area contributed by atoms with Crippen LogP contribution < -0.4 is 0 Å². The highest BCUT2D eigenvalue weighted by atomic mass is 31.2. The zero-order valence-corrected chi connectivity index (χ0v) is 41.5. The number of unbranched alkanes of at least 4 members (excludes halogenated alkanes) is 21. The summed E-state index contributed by atoms with van der Waals surface area (Å²) in [6.07, 6.45) is 54.2. The van der Waals surface area contributed by atoms with Crippen molar-refractivity contribution in [2.24, 2.45) is 0 Å². The van der Waals surface area contributed by atoms with E-state index in [1.165, 1.54) is 103 Å². The molecule has 0 heterocycles. The Balaban J connectivity index is 4.30. The lowest BCUT2D eigenvalue weighted by Gasteiger charge is -2.24. The molecule has 0 aliphatic carbocycles. The summed E-state index contributed by atoms with van der Waals surface area (Å²) >= 11 is 0. The van der Waals surface area contributed by atoms with Crippen molar-refractivity contribution in [3.63, 3.8) is 0 Å². The number of likely N-dealkylation sites (N-methyl/N-ethyl adjacent to an activating group) is 1. The fourth-order valence-electron chi connectivity index (χ4n) is 6.65. The molecule has 360 valence electrons. The van der Waals surface area contributed by atoms with Crippen molar-refractivity contribution in [3.8, 4) is 0 Å². The van der Waals surface area contributed by atoms with Crippen molar-refractivity contribution in [3.05, 3.63) is 60.8 Å². The van der Waals surface area contributed by atoms with Crippen LogP contribution in [-0.4, -0.2) is 74.9 Å². The molecule has 1 N–H and O–H groups in total. The third kappa shape index (κ3) is 47.2. The van der Waals surface area contributed by atoms with E-state index in [1.807, 2.05) is 21.1 Å².